The van der Waals surface area contributed by atoms with Gasteiger partial charge in [0, 0.05) is 0 Å². The molecular formula is C10H21NOS. The highest BCUT2D eigenvalue weighted by Gasteiger charge is 2.16. The lowest BCUT2D eigenvalue weighted by Gasteiger charge is -2.26. The van der Waals surface area contributed by atoms with Crippen molar-refractivity contribution in [3.8, 4) is 0 Å². The fourth-order valence-corrected chi connectivity index (χ4v) is 1.88. The van der Waals surface area contributed by atoms with Crippen molar-refractivity contribution in [3.05, 3.63) is 0 Å². The molecule has 1 aliphatic rings. The predicted molar refractivity (Wildman–Crippen MR) is 59.5 cm³/mol. The summed E-state index contributed by atoms with van der Waals surface area (Å²) in [5.74, 6) is 1.32. The second-order valence-corrected chi connectivity index (χ2v) is 4.58. The van der Waals surface area contributed by atoms with Crippen molar-refractivity contribution in [1.82, 2.24) is 5.32 Å². The van der Waals surface area contributed by atoms with Crippen LogP contribution in [0.1, 0.15) is 25.7 Å². The summed E-state index contributed by atoms with van der Waals surface area (Å²) in [5.41, 5.74) is 0. The molecule has 0 bridgehead atoms. The predicted octanol–water partition coefficient (Wildman–Crippen LogP) is 1.90. The second kappa shape index (κ2) is 7.65. The lowest BCUT2D eigenvalue weighted by molar-refractivity contribution is -0.00496. The lowest BCUT2D eigenvalue weighted by atomic mass is 10.2. The van der Waals surface area contributed by atoms with Gasteiger partial charge in [0.25, 0.3) is 0 Å². The molecule has 3 heteroatoms. The summed E-state index contributed by atoms with van der Waals surface area (Å²) >= 11 is 1.95. The summed E-state index contributed by atoms with van der Waals surface area (Å²) in [6.07, 6.45) is 7.65. The lowest BCUT2D eigenvalue weighted by Crippen LogP contribution is -2.46. The normalized spacial score (nSPS) is 17.3. The number of hydrogen-bond acceptors (Lipinski definition) is 3. The van der Waals surface area contributed by atoms with Crippen molar-refractivity contribution in [3.63, 3.8) is 0 Å². The molecule has 1 rings (SSSR count). The first-order valence-corrected chi connectivity index (χ1v) is 6.63. The monoisotopic (exact) mass is 203 g/mol. The van der Waals surface area contributed by atoms with Gasteiger partial charge in [0.15, 0.2) is 0 Å². The molecule has 2 nitrogen and oxygen atoms in total. The van der Waals surface area contributed by atoms with Gasteiger partial charge in [0.1, 0.15) is 0 Å². The third-order valence-corrected chi connectivity index (χ3v) is 3.04. The van der Waals surface area contributed by atoms with Gasteiger partial charge in [-0.25, -0.2) is 0 Å². The number of hydrogen-bond donors (Lipinski definition) is 1. The van der Waals surface area contributed by atoms with Crippen LogP contribution in [0.4, 0.5) is 0 Å². The molecule has 1 fully saturated rings. The van der Waals surface area contributed by atoms with Crippen molar-refractivity contribution in [2.45, 2.75) is 31.7 Å². The van der Waals surface area contributed by atoms with Crippen molar-refractivity contribution in [1.29, 1.82) is 0 Å². The highest BCUT2D eigenvalue weighted by molar-refractivity contribution is 7.98. The third kappa shape index (κ3) is 5.55. The molecule has 0 radical (unpaired) electrons. The smallest absolute Gasteiger partial charge is 0.0643 e. The fraction of sp³-hybridized carbons (Fsp3) is 1.00. The van der Waals surface area contributed by atoms with Crippen LogP contribution in [-0.4, -0.2) is 37.8 Å². The first kappa shape index (κ1) is 11.3. The van der Waals surface area contributed by atoms with Crippen LogP contribution in [0.5, 0.6) is 0 Å². The molecule has 0 atom stereocenters. The van der Waals surface area contributed by atoms with Crippen molar-refractivity contribution >= 4 is 11.8 Å². The summed E-state index contributed by atoms with van der Waals surface area (Å²) in [6.45, 7) is 3.02. The molecule has 0 aliphatic carbocycles. The number of thioether (sulfide) groups is 1. The van der Waals surface area contributed by atoms with Gasteiger partial charge in [-0.1, -0.05) is 12.8 Å². The molecule has 13 heavy (non-hydrogen) atoms. The SMILES string of the molecule is CSCCCCCCNC1COC1. The van der Waals surface area contributed by atoms with E-state index in [1.807, 2.05) is 11.8 Å². The number of unbranched alkanes of at least 4 members (excludes halogenated alkanes) is 3. The minimum atomic E-state index is 0.659. The van der Waals surface area contributed by atoms with Gasteiger partial charge >= 0.3 is 0 Å². The molecule has 0 spiro atoms. The van der Waals surface area contributed by atoms with Gasteiger partial charge < -0.3 is 10.1 Å². The van der Waals surface area contributed by atoms with Gasteiger partial charge in [-0.05, 0) is 31.4 Å². The molecule has 1 heterocycles. The Labute approximate surface area is 85.8 Å². The zero-order valence-electron chi connectivity index (χ0n) is 8.55. The molecule has 0 aromatic carbocycles. The van der Waals surface area contributed by atoms with E-state index in [4.69, 9.17) is 4.74 Å². The zero-order chi connectivity index (χ0) is 9.36. The minimum absolute atomic E-state index is 0.659. The second-order valence-electron chi connectivity index (χ2n) is 3.60. The summed E-state index contributed by atoms with van der Waals surface area (Å²) in [6, 6.07) is 0.659. The van der Waals surface area contributed by atoms with E-state index in [0.29, 0.717) is 6.04 Å². The van der Waals surface area contributed by atoms with E-state index in [1.54, 1.807) is 0 Å². The van der Waals surface area contributed by atoms with Crippen LogP contribution >= 0.6 is 11.8 Å². The first-order valence-electron chi connectivity index (χ1n) is 5.23. The average Bonchev–Trinajstić information content (AvgIpc) is 2.07. The Morgan fingerprint density at radius 3 is 2.62 bits per heavy atom. The van der Waals surface area contributed by atoms with Crippen molar-refractivity contribution < 1.29 is 4.74 Å². The standard InChI is InChI=1S/C10H21NOS/c1-13-7-5-3-2-4-6-11-10-8-12-9-10/h10-11H,2-9H2,1H3. The van der Waals surface area contributed by atoms with E-state index in [0.717, 1.165) is 13.2 Å². The van der Waals surface area contributed by atoms with Gasteiger partial charge in [-0.3, -0.25) is 0 Å². The van der Waals surface area contributed by atoms with E-state index in [1.165, 1.54) is 38.0 Å². The average molecular weight is 203 g/mol. The largest absolute Gasteiger partial charge is 0.378 e. The van der Waals surface area contributed by atoms with Crippen molar-refractivity contribution in [2.75, 3.05) is 31.8 Å². The van der Waals surface area contributed by atoms with E-state index in [-0.39, 0.29) is 0 Å². The summed E-state index contributed by atoms with van der Waals surface area (Å²) in [5, 5.41) is 3.48. The van der Waals surface area contributed by atoms with E-state index >= 15 is 0 Å². The van der Waals surface area contributed by atoms with Crippen LogP contribution in [-0.2, 0) is 4.74 Å². The minimum Gasteiger partial charge on any atom is -0.378 e. The van der Waals surface area contributed by atoms with Crippen LogP contribution in [0.2, 0.25) is 0 Å². The van der Waals surface area contributed by atoms with E-state index < -0.39 is 0 Å². The van der Waals surface area contributed by atoms with Gasteiger partial charge in [-0.15, -0.1) is 0 Å². The third-order valence-electron chi connectivity index (χ3n) is 2.35. The molecule has 0 aromatic heterocycles. The topological polar surface area (TPSA) is 21.3 Å². The van der Waals surface area contributed by atoms with E-state index in [2.05, 4.69) is 11.6 Å². The number of ether oxygens (including phenoxy) is 1. The van der Waals surface area contributed by atoms with E-state index in [9.17, 15) is 0 Å². The van der Waals surface area contributed by atoms with Crippen LogP contribution in [0, 0.1) is 0 Å². The molecule has 0 saturated carbocycles. The fourth-order valence-electron chi connectivity index (χ4n) is 1.38. The highest BCUT2D eigenvalue weighted by atomic mass is 32.2. The Kier molecular flexibility index (Phi) is 6.68. The van der Waals surface area contributed by atoms with Crippen LogP contribution < -0.4 is 5.32 Å². The Hall–Kier alpha value is 0.270. The Bertz CT molecular complexity index is 117. The molecule has 0 unspecified atom stereocenters. The maximum atomic E-state index is 5.08. The molecular weight excluding hydrogens is 182 g/mol. The van der Waals surface area contributed by atoms with Gasteiger partial charge in [0.2, 0.25) is 0 Å². The summed E-state index contributed by atoms with van der Waals surface area (Å²) in [4.78, 5) is 0. The maximum Gasteiger partial charge on any atom is 0.0643 e. The van der Waals surface area contributed by atoms with Crippen LogP contribution in [0.25, 0.3) is 0 Å². The quantitative estimate of drug-likeness (QED) is 0.609. The van der Waals surface area contributed by atoms with Crippen LogP contribution in [0.15, 0.2) is 0 Å². The molecule has 1 saturated heterocycles. The summed E-state index contributed by atoms with van der Waals surface area (Å²) in [7, 11) is 0. The number of rotatable bonds is 8. The highest BCUT2D eigenvalue weighted by Crippen LogP contribution is 2.05. The maximum absolute atomic E-state index is 5.08. The molecule has 78 valence electrons. The van der Waals surface area contributed by atoms with Crippen molar-refractivity contribution in [2.24, 2.45) is 0 Å². The van der Waals surface area contributed by atoms with Gasteiger partial charge in [0.05, 0.1) is 19.3 Å². The Morgan fingerprint density at radius 1 is 1.23 bits per heavy atom. The first-order chi connectivity index (χ1) is 6.43. The molecule has 1 N–H and O–H groups in total. The molecule has 1 aliphatic heterocycles. The molecule has 0 aromatic rings. The molecule has 0 amide bonds. The summed E-state index contributed by atoms with van der Waals surface area (Å²) < 4.78 is 5.08. The van der Waals surface area contributed by atoms with Crippen LogP contribution in [0.3, 0.4) is 0 Å². The Balaban J connectivity index is 1.68. The zero-order valence-corrected chi connectivity index (χ0v) is 9.37. The Morgan fingerprint density at radius 2 is 2.00 bits per heavy atom. The van der Waals surface area contributed by atoms with Gasteiger partial charge in [-0.2, -0.15) is 11.8 Å². The number of nitrogens with one attached hydrogen (secondary N) is 1.